The molecule has 19 heavy (non-hydrogen) atoms. The minimum atomic E-state index is 0.585. The van der Waals surface area contributed by atoms with Gasteiger partial charge in [-0.2, -0.15) is 5.26 Å². The summed E-state index contributed by atoms with van der Waals surface area (Å²) in [6.07, 6.45) is 0. The number of hydrogen-bond donors (Lipinski definition) is 0. The van der Waals surface area contributed by atoms with E-state index in [0.29, 0.717) is 16.1 Å². The van der Waals surface area contributed by atoms with Gasteiger partial charge in [0.05, 0.1) is 5.56 Å². The Labute approximate surface area is 123 Å². The molecule has 0 N–H and O–H groups in total. The second kappa shape index (κ2) is 6.36. The first-order valence-corrected chi connectivity index (χ1v) is 7.43. The van der Waals surface area contributed by atoms with E-state index in [4.69, 9.17) is 5.26 Å². The van der Waals surface area contributed by atoms with Crippen molar-refractivity contribution in [1.82, 2.24) is 9.88 Å². The van der Waals surface area contributed by atoms with Crippen LogP contribution < -0.4 is 4.90 Å². The SMILES string of the molecule is CC(C)CN1CCN(c2ccc(C#N)c(Br)n2)CC1. The monoisotopic (exact) mass is 322 g/mol. The van der Waals surface area contributed by atoms with Crippen LogP contribution in [-0.4, -0.2) is 42.6 Å². The molecule has 1 aromatic heterocycles. The maximum absolute atomic E-state index is 8.90. The maximum Gasteiger partial charge on any atom is 0.130 e. The zero-order chi connectivity index (χ0) is 13.8. The van der Waals surface area contributed by atoms with Gasteiger partial charge in [0.2, 0.25) is 0 Å². The Morgan fingerprint density at radius 2 is 2.00 bits per heavy atom. The molecule has 5 heteroatoms. The molecule has 1 aromatic rings. The Balaban J connectivity index is 1.98. The molecule has 0 radical (unpaired) electrons. The second-order valence-electron chi connectivity index (χ2n) is 5.30. The molecule has 0 bridgehead atoms. The van der Waals surface area contributed by atoms with Gasteiger partial charge < -0.3 is 4.90 Å². The van der Waals surface area contributed by atoms with Gasteiger partial charge in [0.1, 0.15) is 16.5 Å². The summed E-state index contributed by atoms with van der Waals surface area (Å²) in [6, 6.07) is 5.88. The highest BCUT2D eigenvalue weighted by Crippen LogP contribution is 2.20. The highest BCUT2D eigenvalue weighted by atomic mass is 79.9. The van der Waals surface area contributed by atoms with Crippen LogP contribution in [0.4, 0.5) is 5.82 Å². The molecular weight excluding hydrogens is 304 g/mol. The van der Waals surface area contributed by atoms with Crippen molar-refractivity contribution >= 4 is 21.7 Å². The zero-order valence-corrected chi connectivity index (χ0v) is 13.0. The third-order valence-corrected chi connectivity index (χ3v) is 3.88. The van der Waals surface area contributed by atoms with Gasteiger partial charge in [-0.1, -0.05) is 13.8 Å². The van der Waals surface area contributed by atoms with Gasteiger partial charge in [-0.3, -0.25) is 4.90 Å². The molecule has 2 heterocycles. The van der Waals surface area contributed by atoms with Crippen LogP contribution in [0.1, 0.15) is 19.4 Å². The van der Waals surface area contributed by atoms with Gasteiger partial charge in [-0.25, -0.2) is 4.98 Å². The largest absolute Gasteiger partial charge is 0.354 e. The van der Waals surface area contributed by atoms with Crippen molar-refractivity contribution in [2.45, 2.75) is 13.8 Å². The number of pyridine rings is 1. The zero-order valence-electron chi connectivity index (χ0n) is 11.4. The molecule has 0 amide bonds. The van der Waals surface area contributed by atoms with E-state index >= 15 is 0 Å². The first-order valence-electron chi connectivity index (χ1n) is 6.64. The summed E-state index contributed by atoms with van der Waals surface area (Å²) in [5, 5.41) is 8.90. The topological polar surface area (TPSA) is 43.2 Å². The van der Waals surface area contributed by atoms with Crippen molar-refractivity contribution in [3.8, 4) is 6.07 Å². The number of aromatic nitrogens is 1. The predicted molar refractivity (Wildman–Crippen MR) is 80.1 cm³/mol. The first kappa shape index (κ1) is 14.3. The predicted octanol–water partition coefficient (Wildman–Crippen LogP) is 2.49. The van der Waals surface area contributed by atoms with E-state index in [0.717, 1.165) is 32.0 Å². The Hall–Kier alpha value is -1.12. The summed E-state index contributed by atoms with van der Waals surface area (Å²) in [4.78, 5) is 9.24. The summed E-state index contributed by atoms with van der Waals surface area (Å²) in [5.41, 5.74) is 0.585. The molecule has 1 saturated heterocycles. The molecule has 0 spiro atoms. The highest BCUT2D eigenvalue weighted by molar-refractivity contribution is 9.10. The first-order chi connectivity index (χ1) is 9.10. The quantitative estimate of drug-likeness (QED) is 0.802. The molecular formula is C14H19BrN4. The average molecular weight is 323 g/mol. The van der Waals surface area contributed by atoms with Crippen LogP contribution in [0.2, 0.25) is 0 Å². The van der Waals surface area contributed by atoms with E-state index in [1.54, 1.807) is 0 Å². The Bertz CT molecular complexity index is 473. The van der Waals surface area contributed by atoms with E-state index in [2.05, 4.69) is 50.6 Å². The third kappa shape index (κ3) is 3.68. The van der Waals surface area contributed by atoms with Crippen LogP contribution >= 0.6 is 15.9 Å². The van der Waals surface area contributed by atoms with Gasteiger partial charge in [0.15, 0.2) is 0 Å². The smallest absolute Gasteiger partial charge is 0.130 e. The average Bonchev–Trinajstić information content (AvgIpc) is 2.39. The van der Waals surface area contributed by atoms with Gasteiger partial charge in [-0.05, 0) is 34.0 Å². The fraction of sp³-hybridized carbons (Fsp3) is 0.571. The lowest BCUT2D eigenvalue weighted by molar-refractivity contribution is 0.231. The molecule has 0 aliphatic carbocycles. The van der Waals surface area contributed by atoms with E-state index in [-0.39, 0.29) is 0 Å². The summed E-state index contributed by atoms with van der Waals surface area (Å²) in [7, 11) is 0. The summed E-state index contributed by atoms with van der Waals surface area (Å²) >= 11 is 3.35. The molecule has 0 atom stereocenters. The molecule has 4 nitrogen and oxygen atoms in total. The number of nitrogens with zero attached hydrogens (tertiary/aromatic N) is 4. The standard InChI is InChI=1S/C14H19BrN4/c1-11(2)10-18-5-7-19(8-6-18)13-4-3-12(9-16)14(15)17-13/h3-4,11H,5-8,10H2,1-2H3. The fourth-order valence-corrected chi connectivity index (χ4v) is 2.76. The van der Waals surface area contributed by atoms with E-state index in [1.165, 1.54) is 6.54 Å². The lowest BCUT2D eigenvalue weighted by Crippen LogP contribution is -2.47. The highest BCUT2D eigenvalue weighted by Gasteiger charge is 2.19. The Kier molecular flexibility index (Phi) is 4.78. The van der Waals surface area contributed by atoms with Gasteiger partial charge in [0, 0.05) is 32.7 Å². The van der Waals surface area contributed by atoms with Crippen LogP contribution in [0.25, 0.3) is 0 Å². The lowest BCUT2D eigenvalue weighted by atomic mass is 10.2. The molecule has 1 fully saturated rings. The Morgan fingerprint density at radius 1 is 1.32 bits per heavy atom. The molecule has 1 aliphatic rings. The van der Waals surface area contributed by atoms with Crippen molar-refractivity contribution in [2.75, 3.05) is 37.6 Å². The van der Waals surface area contributed by atoms with Crippen LogP contribution in [-0.2, 0) is 0 Å². The van der Waals surface area contributed by atoms with E-state index in [1.807, 2.05) is 12.1 Å². The Morgan fingerprint density at radius 3 is 2.53 bits per heavy atom. The van der Waals surface area contributed by atoms with Crippen LogP contribution in [0, 0.1) is 17.2 Å². The molecule has 0 aromatic carbocycles. The minimum Gasteiger partial charge on any atom is -0.354 e. The van der Waals surface area contributed by atoms with Crippen molar-refractivity contribution in [2.24, 2.45) is 5.92 Å². The van der Waals surface area contributed by atoms with Gasteiger partial charge in [-0.15, -0.1) is 0 Å². The number of piperazine rings is 1. The molecule has 102 valence electrons. The molecule has 0 unspecified atom stereocenters. The van der Waals surface area contributed by atoms with Crippen molar-refractivity contribution in [3.63, 3.8) is 0 Å². The third-order valence-electron chi connectivity index (χ3n) is 3.27. The van der Waals surface area contributed by atoms with Crippen molar-refractivity contribution in [1.29, 1.82) is 5.26 Å². The fourth-order valence-electron chi connectivity index (χ4n) is 2.36. The molecule has 1 aliphatic heterocycles. The van der Waals surface area contributed by atoms with Crippen LogP contribution in [0.3, 0.4) is 0 Å². The van der Waals surface area contributed by atoms with Gasteiger partial charge in [0.25, 0.3) is 0 Å². The van der Waals surface area contributed by atoms with Crippen LogP contribution in [0.15, 0.2) is 16.7 Å². The van der Waals surface area contributed by atoms with E-state index in [9.17, 15) is 0 Å². The number of nitriles is 1. The summed E-state index contributed by atoms with van der Waals surface area (Å²) < 4.78 is 0.636. The number of halogens is 1. The molecule has 0 saturated carbocycles. The van der Waals surface area contributed by atoms with Crippen LogP contribution in [0.5, 0.6) is 0 Å². The second-order valence-corrected chi connectivity index (χ2v) is 6.05. The normalized spacial score (nSPS) is 16.7. The minimum absolute atomic E-state index is 0.585. The maximum atomic E-state index is 8.90. The van der Waals surface area contributed by atoms with Gasteiger partial charge >= 0.3 is 0 Å². The summed E-state index contributed by atoms with van der Waals surface area (Å²) in [6.45, 7) is 9.83. The van der Waals surface area contributed by atoms with E-state index < -0.39 is 0 Å². The number of hydrogen-bond acceptors (Lipinski definition) is 4. The number of anilines is 1. The summed E-state index contributed by atoms with van der Waals surface area (Å²) in [5.74, 6) is 1.67. The lowest BCUT2D eigenvalue weighted by Gasteiger charge is -2.36. The van der Waals surface area contributed by atoms with Crippen molar-refractivity contribution in [3.05, 3.63) is 22.3 Å². The number of rotatable bonds is 3. The molecule has 2 rings (SSSR count). The van der Waals surface area contributed by atoms with Crippen molar-refractivity contribution < 1.29 is 0 Å².